The van der Waals surface area contributed by atoms with Crippen molar-refractivity contribution in [1.82, 2.24) is 4.98 Å². The van der Waals surface area contributed by atoms with Crippen molar-refractivity contribution < 1.29 is 28.8 Å². The second-order valence-corrected chi connectivity index (χ2v) is 6.77. The number of methoxy groups -OCH3 is 1. The lowest BCUT2D eigenvalue weighted by Crippen LogP contribution is -2.29. The molecule has 0 saturated carbocycles. The van der Waals surface area contributed by atoms with Gasteiger partial charge in [-0.2, -0.15) is 0 Å². The highest BCUT2D eigenvalue weighted by molar-refractivity contribution is 5.86. The van der Waals surface area contributed by atoms with E-state index >= 15 is 0 Å². The summed E-state index contributed by atoms with van der Waals surface area (Å²) in [5, 5.41) is 9.13. The Morgan fingerprint density at radius 3 is 2.54 bits per heavy atom. The zero-order chi connectivity index (χ0) is 19.5. The SMILES string of the molecule is COc1cccc(OC2CO[C@H]3CN(c4ccnc(C(=O)O)c4)C[C@@H]3OC2)c1. The number of hydrogen-bond acceptors (Lipinski definition) is 7. The maximum absolute atomic E-state index is 11.1. The van der Waals surface area contributed by atoms with Gasteiger partial charge in [-0.25, -0.2) is 9.78 Å². The van der Waals surface area contributed by atoms with E-state index in [1.54, 1.807) is 19.2 Å². The van der Waals surface area contributed by atoms with Gasteiger partial charge < -0.3 is 29.0 Å². The van der Waals surface area contributed by atoms with Crippen LogP contribution in [0.1, 0.15) is 10.5 Å². The molecule has 148 valence electrons. The Balaban J connectivity index is 1.37. The minimum absolute atomic E-state index is 0.0261. The highest BCUT2D eigenvalue weighted by Crippen LogP contribution is 2.27. The summed E-state index contributed by atoms with van der Waals surface area (Å²) in [5.74, 6) is 0.405. The number of fused-ring (bicyclic) bond motifs is 1. The molecule has 8 nitrogen and oxygen atoms in total. The van der Waals surface area contributed by atoms with E-state index in [4.69, 9.17) is 24.1 Å². The first-order valence-electron chi connectivity index (χ1n) is 9.10. The number of carboxylic acid groups (broad SMARTS) is 1. The number of carboxylic acids is 1. The van der Waals surface area contributed by atoms with E-state index in [9.17, 15) is 4.79 Å². The van der Waals surface area contributed by atoms with Gasteiger partial charge in [0.1, 0.15) is 35.5 Å². The third-order valence-corrected chi connectivity index (χ3v) is 4.88. The van der Waals surface area contributed by atoms with E-state index < -0.39 is 5.97 Å². The van der Waals surface area contributed by atoms with Crippen LogP contribution >= 0.6 is 0 Å². The number of aromatic nitrogens is 1. The van der Waals surface area contributed by atoms with Gasteiger partial charge in [0.15, 0.2) is 0 Å². The highest BCUT2D eigenvalue weighted by atomic mass is 16.6. The quantitative estimate of drug-likeness (QED) is 0.833. The fourth-order valence-corrected chi connectivity index (χ4v) is 3.45. The van der Waals surface area contributed by atoms with E-state index in [0.717, 1.165) is 11.4 Å². The van der Waals surface area contributed by atoms with E-state index in [1.165, 1.54) is 6.20 Å². The first-order valence-corrected chi connectivity index (χ1v) is 9.10. The monoisotopic (exact) mass is 386 g/mol. The van der Waals surface area contributed by atoms with Crippen molar-refractivity contribution in [3.8, 4) is 11.5 Å². The molecule has 0 bridgehead atoms. The van der Waals surface area contributed by atoms with E-state index in [1.807, 2.05) is 24.3 Å². The van der Waals surface area contributed by atoms with Crippen LogP contribution in [0, 0.1) is 0 Å². The van der Waals surface area contributed by atoms with Crippen LogP contribution in [0.2, 0.25) is 0 Å². The van der Waals surface area contributed by atoms with Crippen molar-refractivity contribution in [2.75, 3.05) is 38.3 Å². The summed E-state index contributed by atoms with van der Waals surface area (Å²) in [7, 11) is 1.62. The molecule has 28 heavy (non-hydrogen) atoms. The third kappa shape index (κ3) is 4.02. The van der Waals surface area contributed by atoms with Gasteiger partial charge in [-0.05, 0) is 24.3 Å². The topological polar surface area (TPSA) is 90.4 Å². The molecular weight excluding hydrogens is 364 g/mol. The molecule has 2 aliphatic heterocycles. The molecule has 2 fully saturated rings. The number of anilines is 1. The molecule has 1 N–H and O–H groups in total. The molecular formula is C20H22N2O6. The van der Waals surface area contributed by atoms with Crippen molar-refractivity contribution in [2.45, 2.75) is 18.3 Å². The van der Waals surface area contributed by atoms with Crippen molar-refractivity contribution in [3.05, 3.63) is 48.3 Å². The molecule has 0 spiro atoms. The molecule has 1 aromatic heterocycles. The van der Waals surface area contributed by atoms with Crippen molar-refractivity contribution in [3.63, 3.8) is 0 Å². The number of ether oxygens (including phenoxy) is 4. The maximum Gasteiger partial charge on any atom is 0.354 e. The number of aromatic carboxylic acids is 1. The fraction of sp³-hybridized carbons (Fsp3) is 0.400. The van der Waals surface area contributed by atoms with Crippen molar-refractivity contribution in [2.24, 2.45) is 0 Å². The third-order valence-electron chi connectivity index (χ3n) is 4.88. The molecule has 3 heterocycles. The highest BCUT2D eigenvalue weighted by Gasteiger charge is 2.38. The van der Waals surface area contributed by atoms with E-state index in [0.29, 0.717) is 32.1 Å². The van der Waals surface area contributed by atoms with Gasteiger partial charge in [0.2, 0.25) is 0 Å². The molecule has 8 heteroatoms. The van der Waals surface area contributed by atoms with E-state index in [-0.39, 0.29) is 24.0 Å². The Labute approximate surface area is 162 Å². The average molecular weight is 386 g/mol. The standard InChI is InChI=1S/C20H22N2O6/c1-25-14-3-2-4-15(8-14)28-16-11-26-18-9-22(10-19(18)27-12-16)13-5-6-21-17(7-13)20(23)24/h2-8,16,18-19H,9-12H2,1H3,(H,23,24)/t18-,19-/m0/s1. The van der Waals surface area contributed by atoms with Crippen molar-refractivity contribution >= 4 is 11.7 Å². The molecule has 1 aromatic carbocycles. The van der Waals surface area contributed by atoms with Crippen LogP contribution in [-0.4, -0.2) is 67.8 Å². The summed E-state index contributed by atoms with van der Waals surface area (Å²) in [6.07, 6.45) is 1.11. The molecule has 0 radical (unpaired) electrons. The van der Waals surface area contributed by atoms with Crippen LogP contribution in [0.3, 0.4) is 0 Å². The Hall–Kier alpha value is -2.84. The molecule has 0 amide bonds. The van der Waals surface area contributed by atoms with Crippen molar-refractivity contribution in [1.29, 1.82) is 0 Å². The molecule has 0 unspecified atom stereocenters. The van der Waals surface area contributed by atoms with Crippen LogP contribution in [0.15, 0.2) is 42.6 Å². The second kappa shape index (κ2) is 8.04. The Morgan fingerprint density at radius 2 is 1.86 bits per heavy atom. The van der Waals surface area contributed by atoms with Gasteiger partial charge in [-0.3, -0.25) is 0 Å². The molecule has 2 atom stereocenters. The zero-order valence-corrected chi connectivity index (χ0v) is 15.5. The number of carbonyl (C=O) groups is 1. The smallest absolute Gasteiger partial charge is 0.354 e. The molecule has 0 aliphatic carbocycles. The van der Waals surface area contributed by atoms with Gasteiger partial charge in [0.25, 0.3) is 0 Å². The van der Waals surface area contributed by atoms with Crippen LogP contribution in [0.5, 0.6) is 11.5 Å². The number of pyridine rings is 1. The number of rotatable bonds is 5. The van der Waals surface area contributed by atoms with Gasteiger partial charge >= 0.3 is 5.97 Å². The summed E-state index contributed by atoms with van der Waals surface area (Å²) in [6, 6.07) is 10.8. The van der Waals surface area contributed by atoms with Crippen LogP contribution < -0.4 is 14.4 Å². The lowest BCUT2D eigenvalue weighted by molar-refractivity contribution is -0.00461. The Morgan fingerprint density at radius 1 is 1.14 bits per heavy atom. The van der Waals surface area contributed by atoms with Gasteiger partial charge in [-0.1, -0.05) is 6.07 Å². The first kappa shape index (κ1) is 18.5. The van der Waals surface area contributed by atoms with E-state index in [2.05, 4.69) is 9.88 Å². The first-order chi connectivity index (χ1) is 13.6. The zero-order valence-electron chi connectivity index (χ0n) is 15.5. The summed E-state index contributed by atoms with van der Waals surface area (Å²) in [4.78, 5) is 17.1. The predicted molar refractivity (Wildman–Crippen MR) is 100 cm³/mol. The van der Waals surface area contributed by atoms with Gasteiger partial charge in [0.05, 0.1) is 20.3 Å². The summed E-state index contributed by atoms with van der Waals surface area (Å²) in [5.41, 5.74) is 0.829. The fourth-order valence-electron chi connectivity index (χ4n) is 3.45. The summed E-state index contributed by atoms with van der Waals surface area (Å²) >= 11 is 0. The summed E-state index contributed by atoms with van der Waals surface area (Å²) in [6.45, 7) is 2.09. The number of hydrogen-bond donors (Lipinski definition) is 1. The minimum atomic E-state index is -1.04. The minimum Gasteiger partial charge on any atom is -0.497 e. The molecule has 2 saturated heterocycles. The van der Waals surface area contributed by atoms with Crippen LogP contribution in [0.25, 0.3) is 0 Å². The molecule has 2 aliphatic rings. The average Bonchev–Trinajstić information content (AvgIpc) is 3.04. The second-order valence-electron chi connectivity index (χ2n) is 6.77. The Kier molecular flexibility index (Phi) is 5.31. The molecule has 4 rings (SSSR count). The Bertz CT molecular complexity index is 829. The maximum atomic E-state index is 11.1. The predicted octanol–water partition coefficient (Wildman–Crippen LogP) is 1.84. The van der Waals surface area contributed by atoms with Crippen LogP contribution in [-0.2, 0) is 9.47 Å². The lowest BCUT2D eigenvalue weighted by atomic mass is 10.3. The lowest BCUT2D eigenvalue weighted by Gasteiger charge is -2.21. The normalized spacial score (nSPS) is 22.4. The van der Waals surface area contributed by atoms with Crippen LogP contribution in [0.4, 0.5) is 5.69 Å². The number of nitrogens with zero attached hydrogens (tertiary/aromatic N) is 2. The molecule has 2 aromatic rings. The number of benzene rings is 1. The largest absolute Gasteiger partial charge is 0.497 e. The van der Waals surface area contributed by atoms with Gasteiger partial charge in [-0.15, -0.1) is 0 Å². The van der Waals surface area contributed by atoms with Gasteiger partial charge in [0, 0.05) is 31.0 Å². The summed E-state index contributed by atoms with van der Waals surface area (Å²) < 4.78 is 23.3.